The van der Waals surface area contributed by atoms with Crippen molar-refractivity contribution in [3.8, 4) is 11.4 Å². The van der Waals surface area contributed by atoms with Crippen LogP contribution in [0.2, 0.25) is 0 Å². The first-order valence-electron chi connectivity index (χ1n) is 7.70. The summed E-state index contributed by atoms with van der Waals surface area (Å²) >= 11 is 0. The summed E-state index contributed by atoms with van der Waals surface area (Å²) in [5.41, 5.74) is 0.825. The summed E-state index contributed by atoms with van der Waals surface area (Å²) in [6.07, 6.45) is 3.98. The molecule has 0 aromatic carbocycles. The Hall–Kier alpha value is -2.96. The van der Waals surface area contributed by atoms with E-state index in [1.54, 1.807) is 24.5 Å². The number of rotatable bonds is 6. The number of carbonyl (C=O) groups is 1. The minimum absolute atomic E-state index is 0.0970. The molecule has 1 N–H and O–H groups in total. The van der Waals surface area contributed by atoms with E-state index in [4.69, 9.17) is 8.94 Å². The minimum atomic E-state index is -0.179. The Bertz CT molecular complexity index is 810. The van der Waals surface area contributed by atoms with Gasteiger partial charge in [-0.05, 0) is 38.1 Å². The molecule has 3 aromatic rings. The van der Waals surface area contributed by atoms with Gasteiger partial charge in [0.2, 0.25) is 17.6 Å². The van der Waals surface area contributed by atoms with Crippen LogP contribution in [-0.4, -0.2) is 21.0 Å². The van der Waals surface area contributed by atoms with Crippen molar-refractivity contribution >= 4 is 5.91 Å². The molecule has 1 amide bonds. The second-order valence-corrected chi connectivity index (χ2v) is 5.49. The molecule has 0 fully saturated rings. The summed E-state index contributed by atoms with van der Waals surface area (Å²) in [7, 11) is 0. The maximum absolute atomic E-state index is 12.0. The quantitative estimate of drug-likeness (QED) is 0.748. The molecule has 1 atom stereocenters. The predicted octanol–water partition coefficient (Wildman–Crippen LogP) is 2.84. The molecule has 3 aromatic heterocycles. The Morgan fingerprint density at radius 1 is 1.25 bits per heavy atom. The molecule has 0 aliphatic heterocycles. The molecule has 7 nitrogen and oxygen atoms in total. The Morgan fingerprint density at radius 2 is 2.04 bits per heavy atom. The van der Waals surface area contributed by atoms with Crippen LogP contribution in [0.5, 0.6) is 0 Å². The first kappa shape index (κ1) is 15.9. The standard InChI is InChI=1S/C17H18N4O3/c1-11-3-4-14(23-11)12(2)19-15(22)5-6-16-20-17(21-24-16)13-7-9-18-10-8-13/h3-4,7-10,12H,5-6H2,1-2H3,(H,19,22). The van der Waals surface area contributed by atoms with Gasteiger partial charge >= 0.3 is 0 Å². The van der Waals surface area contributed by atoms with Crippen molar-refractivity contribution in [1.82, 2.24) is 20.4 Å². The normalized spacial score (nSPS) is 12.1. The van der Waals surface area contributed by atoms with Gasteiger partial charge in [-0.25, -0.2) is 0 Å². The van der Waals surface area contributed by atoms with Crippen molar-refractivity contribution in [2.45, 2.75) is 32.7 Å². The van der Waals surface area contributed by atoms with Gasteiger partial charge < -0.3 is 14.3 Å². The fraction of sp³-hybridized carbons (Fsp3) is 0.294. The van der Waals surface area contributed by atoms with E-state index >= 15 is 0 Å². The number of nitrogens with zero attached hydrogens (tertiary/aromatic N) is 3. The monoisotopic (exact) mass is 326 g/mol. The number of carbonyl (C=O) groups excluding carboxylic acids is 1. The van der Waals surface area contributed by atoms with E-state index in [1.165, 1.54) is 0 Å². The first-order chi connectivity index (χ1) is 11.6. The summed E-state index contributed by atoms with van der Waals surface area (Å²) in [5.74, 6) is 2.38. The number of aryl methyl sites for hydroxylation is 2. The molecule has 7 heteroatoms. The molecule has 24 heavy (non-hydrogen) atoms. The van der Waals surface area contributed by atoms with E-state index in [-0.39, 0.29) is 18.4 Å². The summed E-state index contributed by atoms with van der Waals surface area (Å²) in [4.78, 5) is 20.3. The third kappa shape index (κ3) is 3.87. The molecule has 124 valence electrons. The highest BCUT2D eigenvalue weighted by Crippen LogP contribution is 2.17. The number of hydrogen-bond acceptors (Lipinski definition) is 6. The van der Waals surface area contributed by atoms with Crippen LogP contribution in [0.15, 0.2) is 45.6 Å². The Kier molecular flexibility index (Phi) is 4.69. The molecule has 0 bridgehead atoms. The lowest BCUT2D eigenvalue weighted by molar-refractivity contribution is -0.121. The fourth-order valence-corrected chi connectivity index (χ4v) is 2.27. The summed E-state index contributed by atoms with van der Waals surface area (Å²) in [6.45, 7) is 3.75. The minimum Gasteiger partial charge on any atom is -0.464 e. The highest BCUT2D eigenvalue weighted by atomic mass is 16.5. The van der Waals surface area contributed by atoms with Gasteiger partial charge in [-0.15, -0.1) is 0 Å². The van der Waals surface area contributed by atoms with Crippen LogP contribution < -0.4 is 5.32 Å². The second-order valence-electron chi connectivity index (χ2n) is 5.49. The number of aromatic nitrogens is 3. The van der Waals surface area contributed by atoms with Gasteiger partial charge in [-0.2, -0.15) is 4.98 Å². The molecular formula is C17H18N4O3. The van der Waals surface area contributed by atoms with E-state index in [1.807, 2.05) is 26.0 Å². The number of amides is 1. The van der Waals surface area contributed by atoms with Crippen LogP contribution >= 0.6 is 0 Å². The van der Waals surface area contributed by atoms with Crippen LogP contribution in [0, 0.1) is 6.92 Å². The zero-order valence-corrected chi connectivity index (χ0v) is 13.5. The SMILES string of the molecule is Cc1ccc(C(C)NC(=O)CCc2nc(-c3ccncc3)no2)o1. The second kappa shape index (κ2) is 7.08. The molecule has 0 aliphatic carbocycles. The average Bonchev–Trinajstić information content (AvgIpc) is 3.23. The van der Waals surface area contributed by atoms with E-state index < -0.39 is 0 Å². The third-order valence-electron chi connectivity index (χ3n) is 3.54. The van der Waals surface area contributed by atoms with Gasteiger partial charge in [0.15, 0.2) is 0 Å². The summed E-state index contributed by atoms with van der Waals surface area (Å²) in [5, 5.41) is 6.80. The van der Waals surface area contributed by atoms with Gasteiger partial charge in [-0.3, -0.25) is 9.78 Å². The van der Waals surface area contributed by atoms with Crippen molar-refractivity contribution in [2.75, 3.05) is 0 Å². The largest absolute Gasteiger partial charge is 0.464 e. The van der Waals surface area contributed by atoms with Gasteiger partial charge in [0, 0.05) is 30.8 Å². The van der Waals surface area contributed by atoms with E-state index in [0.29, 0.717) is 18.1 Å². The van der Waals surface area contributed by atoms with Gasteiger partial charge in [0.1, 0.15) is 11.5 Å². The maximum Gasteiger partial charge on any atom is 0.227 e. The van der Waals surface area contributed by atoms with Gasteiger partial charge in [0.25, 0.3) is 0 Å². The molecule has 0 radical (unpaired) electrons. The number of pyridine rings is 1. The van der Waals surface area contributed by atoms with Crippen molar-refractivity contribution in [3.63, 3.8) is 0 Å². The molecule has 0 saturated carbocycles. The van der Waals surface area contributed by atoms with Crippen LogP contribution in [0.4, 0.5) is 0 Å². The molecule has 1 unspecified atom stereocenters. The Balaban J connectivity index is 1.52. The smallest absolute Gasteiger partial charge is 0.227 e. The molecule has 0 spiro atoms. The highest BCUT2D eigenvalue weighted by molar-refractivity contribution is 5.76. The van der Waals surface area contributed by atoms with E-state index in [2.05, 4.69) is 20.4 Å². The highest BCUT2D eigenvalue weighted by Gasteiger charge is 2.14. The Morgan fingerprint density at radius 3 is 2.75 bits per heavy atom. The van der Waals surface area contributed by atoms with Crippen molar-refractivity contribution < 1.29 is 13.7 Å². The average molecular weight is 326 g/mol. The van der Waals surface area contributed by atoms with Crippen LogP contribution in [0.1, 0.15) is 36.8 Å². The topological polar surface area (TPSA) is 94.1 Å². The third-order valence-corrected chi connectivity index (χ3v) is 3.54. The van der Waals surface area contributed by atoms with Gasteiger partial charge in [-0.1, -0.05) is 5.16 Å². The van der Waals surface area contributed by atoms with Crippen LogP contribution in [0.3, 0.4) is 0 Å². The molecule has 0 saturated heterocycles. The zero-order valence-electron chi connectivity index (χ0n) is 13.5. The molecule has 3 rings (SSSR count). The van der Waals surface area contributed by atoms with Crippen LogP contribution in [0.25, 0.3) is 11.4 Å². The molecular weight excluding hydrogens is 308 g/mol. The summed E-state index contributed by atoms with van der Waals surface area (Å²) < 4.78 is 10.7. The summed E-state index contributed by atoms with van der Waals surface area (Å²) in [6, 6.07) is 7.15. The van der Waals surface area contributed by atoms with E-state index in [0.717, 1.165) is 17.1 Å². The van der Waals surface area contributed by atoms with Crippen molar-refractivity contribution in [2.24, 2.45) is 0 Å². The van der Waals surface area contributed by atoms with Crippen molar-refractivity contribution in [3.05, 3.63) is 54.1 Å². The molecule has 0 aliphatic rings. The molecule has 3 heterocycles. The lowest BCUT2D eigenvalue weighted by Crippen LogP contribution is -2.26. The van der Waals surface area contributed by atoms with Crippen LogP contribution in [-0.2, 0) is 11.2 Å². The van der Waals surface area contributed by atoms with E-state index in [9.17, 15) is 4.79 Å². The number of hydrogen-bond donors (Lipinski definition) is 1. The maximum atomic E-state index is 12.0. The number of furan rings is 1. The van der Waals surface area contributed by atoms with Gasteiger partial charge in [0.05, 0.1) is 6.04 Å². The van der Waals surface area contributed by atoms with Crippen molar-refractivity contribution in [1.29, 1.82) is 0 Å². The first-order valence-corrected chi connectivity index (χ1v) is 7.70. The lowest BCUT2D eigenvalue weighted by Gasteiger charge is -2.10. The zero-order chi connectivity index (χ0) is 16.9. The fourth-order valence-electron chi connectivity index (χ4n) is 2.27. The lowest BCUT2D eigenvalue weighted by atomic mass is 10.2. The predicted molar refractivity (Wildman–Crippen MR) is 85.9 cm³/mol. The Labute approximate surface area is 139 Å². The number of nitrogens with one attached hydrogen (secondary N) is 1.